The van der Waals surface area contributed by atoms with Crippen LogP contribution in [0.4, 0.5) is 23.0 Å². The molecule has 0 spiro atoms. The highest BCUT2D eigenvalue weighted by Crippen LogP contribution is 2.41. The maximum atomic E-state index is 11.8. The van der Waals surface area contributed by atoms with Crippen molar-refractivity contribution < 1.29 is 13.2 Å². The molecule has 0 saturated heterocycles. The lowest BCUT2D eigenvalue weighted by molar-refractivity contribution is 0.325. The molecule has 3 heterocycles. The van der Waals surface area contributed by atoms with Crippen LogP contribution in [0.15, 0.2) is 73.6 Å². The van der Waals surface area contributed by atoms with Crippen LogP contribution in [-0.4, -0.2) is 44.8 Å². The standard InChI is InChI=1S/C28H29N5O3S/c1-5-33-27-23(19(2)32(3)25-11-8-15-29-28(25)33)17-20(18-30-27)14-16-36-26-13-12-24(31-37(4,34)35)21-9-6-7-10-22(21)26/h6-13,15,17-18,31H,2,5,14,16H2,1,3-4H3. The summed E-state index contributed by atoms with van der Waals surface area (Å²) in [7, 11) is -1.40. The first-order chi connectivity index (χ1) is 17.8. The Kier molecular flexibility index (Phi) is 6.47. The molecule has 0 fully saturated rings. The van der Waals surface area contributed by atoms with E-state index in [1.54, 1.807) is 18.3 Å². The van der Waals surface area contributed by atoms with Gasteiger partial charge >= 0.3 is 0 Å². The summed E-state index contributed by atoms with van der Waals surface area (Å²) >= 11 is 0. The monoisotopic (exact) mass is 515 g/mol. The van der Waals surface area contributed by atoms with E-state index in [1.807, 2.05) is 49.6 Å². The Morgan fingerprint density at radius 2 is 1.81 bits per heavy atom. The summed E-state index contributed by atoms with van der Waals surface area (Å²) in [4.78, 5) is 13.6. The van der Waals surface area contributed by atoms with Crippen LogP contribution in [0, 0.1) is 0 Å². The number of benzene rings is 2. The molecule has 4 aromatic rings. The maximum Gasteiger partial charge on any atom is 0.229 e. The molecule has 0 unspecified atom stereocenters. The number of fused-ring (bicyclic) bond motifs is 3. The first kappa shape index (κ1) is 24.6. The second-order valence-corrected chi connectivity index (χ2v) is 10.7. The molecule has 0 saturated carbocycles. The lowest BCUT2D eigenvalue weighted by atomic mass is 10.1. The van der Waals surface area contributed by atoms with Crippen molar-refractivity contribution in [2.45, 2.75) is 13.3 Å². The van der Waals surface area contributed by atoms with Crippen LogP contribution in [0.25, 0.3) is 16.5 Å². The number of ether oxygens (including phenoxy) is 1. The summed E-state index contributed by atoms with van der Waals surface area (Å²) in [6, 6.07) is 17.2. The predicted molar refractivity (Wildman–Crippen MR) is 150 cm³/mol. The fourth-order valence-electron chi connectivity index (χ4n) is 4.61. The Morgan fingerprint density at radius 1 is 1.03 bits per heavy atom. The lowest BCUT2D eigenvalue weighted by Crippen LogP contribution is -2.19. The van der Waals surface area contributed by atoms with E-state index in [0.29, 0.717) is 24.5 Å². The first-order valence-electron chi connectivity index (χ1n) is 12.0. The van der Waals surface area contributed by atoms with Crippen LogP contribution in [0.2, 0.25) is 0 Å². The zero-order chi connectivity index (χ0) is 26.2. The second-order valence-electron chi connectivity index (χ2n) is 8.94. The van der Waals surface area contributed by atoms with Crippen LogP contribution in [0.5, 0.6) is 5.75 Å². The normalized spacial score (nSPS) is 13.2. The van der Waals surface area contributed by atoms with Gasteiger partial charge < -0.3 is 14.5 Å². The van der Waals surface area contributed by atoms with Gasteiger partial charge in [-0.05, 0) is 42.8 Å². The predicted octanol–water partition coefficient (Wildman–Crippen LogP) is 5.20. The Hall–Kier alpha value is -4.11. The fraction of sp³-hybridized carbons (Fsp3) is 0.214. The van der Waals surface area contributed by atoms with Gasteiger partial charge in [0.1, 0.15) is 11.6 Å². The number of nitrogens with zero attached hydrogens (tertiary/aromatic N) is 4. The van der Waals surface area contributed by atoms with Crippen molar-refractivity contribution in [1.82, 2.24) is 9.97 Å². The Bertz CT molecular complexity index is 1600. The van der Waals surface area contributed by atoms with E-state index in [-0.39, 0.29) is 0 Å². The van der Waals surface area contributed by atoms with Crippen molar-refractivity contribution in [1.29, 1.82) is 0 Å². The van der Waals surface area contributed by atoms with Gasteiger partial charge in [0.2, 0.25) is 10.0 Å². The van der Waals surface area contributed by atoms with E-state index < -0.39 is 10.0 Å². The molecular formula is C28H29N5O3S. The summed E-state index contributed by atoms with van der Waals surface area (Å²) in [5.41, 5.74) is 4.36. The number of anilines is 4. The summed E-state index contributed by atoms with van der Waals surface area (Å²) < 4.78 is 32.3. The SMILES string of the molecule is C=C1c2cc(CCOc3ccc(NS(C)(=O)=O)c4ccccc34)cnc2N(CC)c2ncccc2N1C. The van der Waals surface area contributed by atoms with Gasteiger partial charge in [-0.3, -0.25) is 4.72 Å². The molecule has 8 nitrogen and oxygen atoms in total. The van der Waals surface area contributed by atoms with E-state index in [2.05, 4.69) is 39.1 Å². The van der Waals surface area contributed by atoms with Crippen LogP contribution >= 0.6 is 0 Å². The van der Waals surface area contributed by atoms with Gasteiger partial charge in [0.25, 0.3) is 0 Å². The molecule has 0 atom stereocenters. The largest absolute Gasteiger partial charge is 0.493 e. The van der Waals surface area contributed by atoms with E-state index in [9.17, 15) is 8.42 Å². The van der Waals surface area contributed by atoms with Crippen LogP contribution in [0.3, 0.4) is 0 Å². The van der Waals surface area contributed by atoms with E-state index in [1.165, 1.54) is 0 Å². The molecule has 37 heavy (non-hydrogen) atoms. The minimum atomic E-state index is -3.39. The zero-order valence-electron chi connectivity index (χ0n) is 21.1. The van der Waals surface area contributed by atoms with Gasteiger partial charge in [0.15, 0.2) is 5.82 Å². The lowest BCUT2D eigenvalue weighted by Gasteiger charge is -2.23. The number of sulfonamides is 1. The van der Waals surface area contributed by atoms with Crippen molar-refractivity contribution in [3.8, 4) is 5.75 Å². The molecule has 5 rings (SSSR count). The minimum Gasteiger partial charge on any atom is -0.493 e. The summed E-state index contributed by atoms with van der Waals surface area (Å²) in [5.74, 6) is 2.39. The number of nitrogens with one attached hydrogen (secondary N) is 1. The highest BCUT2D eigenvalue weighted by atomic mass is 32.2. The van der Waals surface area contributed by atoms with Gasteiger partial charge in [-0.25, -0.2) is 18.4 Å². The van der Waals surface area contributed by atoms with Gasteiger partial charge in [-0.1, -0.05) is 30.8 Å². The van der Waals surface area contributed by atoms with Crippen molar-refractivity contribution in [2.75, 3.05) is 41.0 Å². The average molecular weight is 516 g/mol. The van der Waals surface area contributed by atoms with Crippen molar-refractivity contribution in [2.24, 2.45) is 0 Å². The number of rotatable bonds is 7. The van der Waals surface area contributed by atoms with E-state index in [0.717, 1.165) is 57.7 Å². The summed E-state index contributed by atoms with van der Waals surface area (Å²) in [5, 5.41) is 1.62. The molecule has 190 valence electrons. The maximum absolute atomic E-state index is 11.8. The van der Waals surface area contributed by atoms with E-state index >= 15 is 0 Å². The molecule has 0 bridgehead atoms. The molecule has 0 radical (unpaired) electrons. The Balaban J connectivity index is 1.38. The highest BCUT2D eigenvalue weighted by Gasteiger charge is 2.27. The molecule has 1 aliphatic heterocycles. The quantitative estimate of drug-likeness (QED) is 0.362. The highest BCUT2D eigenvalue weighted by molar-refractivity contribution is 7.92. The third kappa shape index (κ3) is 4.82. The summed E-state index contributed by atoms with van der Waals surface area (Å²) in [6.45, 7) is 7.60. The number of pyridine rings is 2. The van der Waals surface area contributed by atoms with Crippen LogP contribution in [-0.2, 0) is 16.4 Å². The van der Waals surface area contributed by atoms with Gasteiger partial charge in [0, 0.05) is 54.4 Å². The molecular weight excluding hydrogens is 486 g/mol. The van der Waals surface area contributed by atoms with Crippen LogP contribution < -0.4 is 19.3 Å². The van der Waals surface area contributed by atoms with Crippen molar-refractivity contribution in [3.63, 3.8) is 0 Å². The summed E-state index contributed by atoms with van der Waals surface area (Å²) in [6.07, 6.45) is 5.46. The third-order valence-electron chi connectivity index (χ3n) is 6.42. The molecule has 9 heteroatoms. The number of hydrogen-bond donors (Lipinski definition) is 1. The zero-order valence-corrected chi connectivity index (χ0v) is 21.9. The fourth-order valence-corrected chi connectivity index (χ4v) is 5.19. The van der Waals surface area contributed by atoms with Gasteiger partial charge in [-0.15, -0.1) is 0 Å². The topological polar surface area (TPSA) is 87.7 Å². The molecule has 1 N–H and O–H groups in total. The molecule has 0 amide bonds. The van der Waals surface area contributed by atoms with Gasteiger partial charge in [-0.2, -0.15) is 0 Å². The smallest absolute Gasteiger partial charge is 0.229 e. The number of aromatic nitrogens is 2. The molecule has 2 aromatic heterocycles. The van der Waals surface area contributed by atoms with Gasteiger partial charge in [0.05, 0.1) is 24.2 Å². The van der Waals surface area contributed by atoms with Crippen LogP contribution in [0.1, 0.15) is 18.1 Å². The molecule has 1 aliphatic rings. The molecule has 2 aromatic carbocycles. The Morgan fingerprint density at radius 3 is 2.57 bits per heavy atom. The van der Waals surface area contributed by atoms with Crippen molar-refractivity contribution >= 4 is 49.5 Å². The average Bonchev–Trinajstić information content (AvgIpc) is 2.97. The number of hydrogen-bond acceptors (Lipinski definition) is 7. The van der Waals surface area contributed by atoms with E-state index in [4.69, 9.17) is 9.72 Å². The second kappa shape index (κ2) is 9.74. The Labute approximate surface area is 217 Å². The first-order valence-corrected chi connectivity index (χ1v) is 13.9. The molecule has 0 aliphatic carbocycles. The minimum absolute atomic E-state index is 0.435. The third-order valence-corrected chi connectivity index (χ3v) is 7.01. The van der Waals surface area contributed by atoms with Crippen molar-refractivity contribution in [3.05, 3.63) is 84.7 Å².